The summed E-state index contributed by atoms with van der Waals surface area (Å²) in [6, 6.07) is 8.18. The van der Waals surface area contributed by atoms with Gasteiger partial charge in [-0.05, 0) is 48.3 Å². The number of benzene rings is 2. The molecule has 1 aromatic heterocycles. The average Bonchev–Trinajstić information content (AvgIpc) is 3.09. The fraction of sp³-hybridized carbons (Fsp3) is 0.235. The lowest BCUT2D eigenvalue weighted by Crippen LogP contribution is -2.38. The Balaban J connectivity index is 2.11. The van der Waals surface area contributed by atoms with Crippen LogP contribution in [0.4, 0.5) is 10.1 Å². The molecule has 0 saturated heterocycles. The Morgan fingerprint density at radius 2 is 2.04 bits per heavy atom. The second kappa shape index (κ2) is 7.57. The molecule has 0 aliphatic heterocycles. The predicted molar refractivity (Wildman–Crippen MR) is 101 cm³/mol. The van der Waals surface area contributed by atoms with Crippen molar-refractivity contribution >= 4 is 43.4 Å². The van der Waals surface area contributed by atoms with E-state index in [1.165, 1.54) is 31.4 Å². The Labute approximate surface area is 159 Å². The van der Waals surface area contributed by atoms with Gasteiger partial charge in [0.1, 0.15) is 5.52 Å². The molecule has 0 N–H and O–H groups in total. The molecule has 27 heavy (non-hydrogen) atoms. The zero-order valence-electron chi connectivity index (χ0n) is 14.5. The molecular weight excluding hydrogens is 393 g/mol. The summed E-state index contributed by atoms with van der Waals surface area (Å²) in [5.41, 5.74) is 0.508. The van der Waals surface area contributed by atoms with Crippen LogP contribution in [-0.4, -0.2) is 36.8 Å². The summed E-state index contributed by atoms with van der Waals surface area (Å²) in [6.07, 6.45) is 0.305. The third kappa shape index (κ3) is 3.76. The van der Waals surface area contributed by atoms with Crippen LogP contribution in [0.2, 0.25) is 0 Å². The van der Waals surface area contributed by atoms with E-state index in [2.05, 4.69) is 9.59 Å². The zero-order chi connectivity index (χ0) is 19.6. The summed E-state index contributed by atoms with van der Waals surface area (Å²) >= 11 is 1.16. The number of ether oxygens (including phenoxy) is 1. The first-order valence-corrected chi connectivity index (χ1v) is 10.4. The van der Waals surface area contributed by atoms with E-state index in [0.29, 0.717) is 16.2 Å². The van der Waals surface area contributed by atoms with Gasteiger partial charge in [-0.25, -0.2) is 17.1 Å². The van der Waals surface area contributed by atoms with E-state index in [4.69, 9.17) is 4.74 Å². The molecule has 1 heterocycles. The second-order valence-electron chi connectivity index (χ2n) is 5.66. The molecule has 0 radical (unpaired) electrons. The summed E-state index contributed by atoms with van der Waals surface area (Å²) in [4.78, 5) is 13.0. The summed E-state index contributed by atoms with van der Waals surface area (Å²) in [5.74, 6) is -1.86. The number of hydrogen-bond acceptors (Lipinski definition) is 7. The quantitative estimate of drug-likeness (QED) is 0.621. The van der Waals surface area contributed by atoms with Crippen LogP contribution in [-0.2, 0) is 10.0 Å². The van der Waals surface area contributed by atoms with Crippen molar-refractivity contribution in [3.8, 4) is 5.75 Å². The number of carbonyl (C=O) groups excluding carboxylic acids is 1. The molecule has 0 atom stereocenters. The topological polar surface area (TPSA) is 89.5 Å². The maximum Gasteiger partial charge on any atom is 0.272 e. The molecule has 0 spiro atoms. The van der Waals surface area contributed by atoms with Gasteiger partial charge in [0.05, 0.1) is 23.2 Å². The van der Waals surface area contributed by atoms with Gasteiger partial charge in [0.15, 0.2) is 11.6 Å². The van der Waals surface area contributed by atoms with Crippen LogP contribution in [0.1, 0.15) is 23.7 Å². The first-order chi connectivity index (χ1) is 12.9. The Morgan fingerprint density at radius 1 is 1.26 bits per heavy atom. The van der Waals surface area contributed by atoms with Crippen LogP contribution in [0, 0.1) is 5.82 Å². The Bertz CT molecular complexity index is 1100. The van der Waals surface area contributed by atoms with Crippen LogP contribution >= 0.6 is 11.5 Å². The molecular formula is C17H16FN3O4S2. The van der Waals surface area contributed by atoms with Crippen molar-refractivity contribution in [3.05, 3.63) is 47.8 Å². The number of fused-ring (bicyclic) bond motifs is 1. The fourth-order valence-electron chi connectivity index (χ4n) is 2.57. The van der Waals surface area contributed by atoms with Crippen molar-refractivity contribution in [2.24, 2.45) is 0 Å². The molecule has 3 rings (SSSR count). The number of methoxy groups -OCH3 is 1. The molecule has 0 aliphatic carbocycles. The number of aromatic nitrogens is 2. The smallest absolute Gasteiger partial charge is 0.272 e. The summed E-state index contributed by atoms with van der Waals surface area (Å²) in [7, 11) is -2.71. The van der Waals surface area contributed by atoms with Crippen molar-refractivity contribution < 1.29 is 22.3 Å². The first kappa shape index (κ1) is 19.2. The fourth-order valence-corrected chi connectivity index (χ4v) is 4.60. The zero-order valence-corrected chi connectivity index (χ0v) is 16.2. The molecule has 142 valence electrons. The highest BCUT2D eigenvalue weighted by Gasteiger charge is 2.30. The van der Waals surface area contributed by atoms with Gasteiger partial charge in [-0.3, -0.25) is 4.79 Å². The van der Waals surface area contributed by atoms with Crippen molar-refractivity contribution in [2.45, 2.75) is 13.3 Å². The summed E-state index contributed by atoms with van der Waals surface area (Å²) < 4.78 is 49.7. The SMILES string of the molecule is CCCS(=O)(=O)N(C(=O)c1ccc2snnc2c1)c1ccc(OC)c(F)c1. The number of rotatable bonds is 6. The standard InChI is InChI=1S/C17H16FN3O4S2/c1-3-8-27(23,24)21(12-5-6-15(25-2)13(18)10-12)17(22)11-4-7-16-14(9-11)19-20-26-16/h4-7,9-10H,3,8H2,1-2H3. The Kier molecular flexibility index (Phi) is 5.38. The van der Waals surface area contributed by atoms with Gasteiger partial charge in [-0.15, -0.1) is 5.10 Å². The van der Waals surface area contributed by atoms with Gasteiger partial charge in [-0.2, -0.15) is 0 Å². The normalized spacial score (nSPS) is 11.5. The van der Waals surface area contributed by atoms with Crippen molar-refractivity contribution in [1.82, 2.24) is 9.59 Å². The van der Waals surface area contributed by atoms with E-state index < -0.39 is 21.7 Å². The number of hydrogen-bond donors (Lipinski definition) is 0. The van der Waals surface area contributed by atoms with Gasteiger partial charge in [-0.1, -0.05) is 11.4 Å². The molecule has 7 nitrogen and oxygen atoms in total. The third-order valence-electron chi connectivity index (χ3n) is 3.79. The molecule has 1 amide bonds. The third-order valence-corrected chi connectivity index (χ3v) is 6.35. The lowest BCUT2D eigenvalue weighted by Gasteiger charge is -2.23. The molecule has 3 aromatic rings. The van der Waals surface area contributed by atoms with Gasteiger partial charge in [0.25, 0.3) is 5.91 Å². The molecule has 0 saturated carbocycles. The molecule has 0 aliphatic rings. The van der Waals surface area contributed by atoms with Crippen LogP contribution in [0.5, 0.6) is 5.75 Å². The van der Waals surface area contributed by atoms with Gasteiger partial charge in [0.2, 0.25) is 10.0 Å². The highest BCUT2D eigenvalue weighted by Crippen LogP contribution is 2.28. The van der Waals surface area contributed by atoms with Crippen molar-refractivity contribution in [2.75, 3.05) is 17.2 Å². The van der Waals surface area contributed by atoms with Crippen molar-refractivity contribution in [1.29, 1.82) is 0 Å². The van der Waals surface area contributed by atoms with Crippen molar-refractivity contribution in [3.63, 3.8) is 0 Å². The van der Waals surface area contributed by atoms with Crippen LogP contribution < -0.4 is 9.04 Å². The van der Waals surface area contributed by atoms with Gasteiger partial charge >= 0.3 is 0 Å². The molecule has 0 bridgehead atoms. The van der Waals surface area contributed by atoms with Crippen LogP contribution in [0.3, 0.4) is 0 Å². The first-order valence-electron chi connectivity index (χ1n) is 8.00. The monoisotopic (exact) mass is 409 g/mol. The molecule has 0 unspecified atom stereocenters. The van der Waals surface area contributed by atoms with E-state index in [1.54, 1.807) is 13.0 Å². The number of carbonyl (C=O) groups is 1. The Morgan fingerprint density at radius 3 is 2.70 bits per heavy atom. The Hall–Kier alpha value is -2.59. The number of anilines is 1. The minimum absolute atomic E-state index is 0.0472. The minimum atomic E-state index is -4.01. The second-order valence-corrected chi connectivity index (χ2v) is 8.38. The number of sulfonamides is 1. The van der Waals surface area contributed by atoms with E-state index in [9.17, 15) is 17.6 Å². The molecule has 0 fully saturated rings. The lowest BCUT2D eigenvalue weighted by molar-refractivity contribution is 0.101. The van der Waals surface area contributed by atoms with E-state index in [-0.39, 0.29) is 22.8 Å². The highest BCUT2D eigenvalue weighted by atomic mass is 32.2. The molecule has 10 heteroatoms. The number of halogens is 1. The maximum absolute atomic E-state index is 14.1. The average molecular weight is 409 g/mol. The predicted octanol–water partition coefficient (Wildman–Crippen LogP) is 3.23. The number of nitrogens with zero attached hydrogens (tertiary/aromatic N) is 3. The lowest BCUT2D eigenvalue weighted by atomic mass is 10.2. The largest absolute Gasteiger partial charge is 0.494 e. The molecule has 2 aromatic carbocycles. The summed E-state index contributed by atoms with van der Waals surface area (Å²) in [5, 5.41) is 3.90. The van der Waals surface area contributed by atoms with Gasteiger partial charge in [0, 0.05) is 11.6 Å². The van der Waals surface area contributed by atoms with E-state index in [1.807, 2.05) is 0 Å². The highest BCUT2D eigenvalue weighted by molar-refractivity contribution is 7.93. The van der Waals surface area contributed by atoms with E-state index >= 15 is 0 Å². The van der Waals surface area contributed by atoms with E-state index in [0.717, 1.165) is 22.3 Å². The van der Waals surface area contributed by atoms with Gasteiger partial charge < -0.3 is 4.74 Å². The van der Waals surface area contributed by atoms with Crippen LogP contribution in [0.25, 0.3) is 10.2 Å². The minimum Gasteiger partial charge on any atom is -0.494 e. The number of amides is 1. The maximum atomic E-state index is 14.1. The van der Waals surface area contributed by atoms with Crippen LogP contribution in [0.15, 0.2) is 36.4 Å². The summed E-state index contributed by atoms with van der Waals surface area (Å²) in [6.45, 7) is 1.68.